The minimum atomic E-state index is -4.55. The molecule has 11 heteroatoms. The van der Waals surface area contributed by atoms with Crippen LogP contribution in [0.2, 0.25) is 0 Å². The molecule has 0 aliphatic heterocycles. The van der Waals surface area contributed by atoms with Crippen molar-refractivity contribution in [3.63, 3.8) is 0 Å². The molecule has 24 heavy (non-hydrogen) atoms. The van der Waals surface area contributed by atoms with Crippen molar-refractivity contribution in [3.8, 4) is 0 Å². The van der Waals surface area contributed by atoms with Gasteiger partial charge in [-0.25, -0.2) is 17.9 Å². The molecule has 10 nitrogen and oxygen atoms in total. The van der Waals surface area contributed by atoms with Crippen LogP contribution in [0.4, 0.5) is 5.69 Å². The van der Waals surface area contributed by atoms with Crippen molar-refractivity contribution in [1.82, 2.24) is 9.71 Å². The maximum Gasteiger partial charge on any atom is 0.335 e. The first-order valence-electron chi connectivity index (χ1n) is 6.22. The summed E-state index contributed by atoms with van der Waals surface area (Å²) in [5.74, 6) is -2.54. The Morgan fingerprint density at radius 3 is 2.50 bits per heavy atom. The Morgan fingerprint density at radius 2 is 1.88 bits per heavy atom. The number of hydrogen-bond donors (Lipinski definition) is 2. The smallest absolute Gasteiger partial charge is 0.335 e. The summed E-state index contributed by atoms with van der Waals surface area (Å²) in [5, 5.41) is 19.7. The van der Waals surface area contributed by atoms with Crippen LogP contribution in [0, 0.1) is 10.1 Å². The molecule has 0 aliphatic carbocycles. The number of aromatic nitrogens is 1. The second-order valence-corrected chi connectivity index (χ2v) is 6.05. The van der Waals surface area contributed by atoms with Crippen LogP contribution in [0.15, 0.2) is 47.5 Å². The number of pyridine rings is 1. The van der Waals surface area contributed by atoms with Gasteiger partial charge in [0, 0.05) is 12.3 Å². The normalized spacial score (nSPS) is 10.8. The Labute approximate surface area is 135 Å². The zero-order valence-corrected chi connectivity index (χ0v) is 12.6. The maximum atomic E-state index is 12.2. The number of nitrogens with one attached hydrogen (secondary N) is 1. The minimum Gasteiger partial charge on any atom is -0.478 e. The Bertz CT molecular complexity index is 940. The lowest BCUT2D eigenvalue weighted by Crippen LogP contribution is -2.31. The van der Waals surface area contributed by atoms with Crippen molar-refractivity contribution in [2.45, 2.75) is 4.90 Å². The Kier molecular flexibility index (Phi) is 4.55. The summed E-state index contributed by atoms with van der Waals surface area (Å²) in [4.78, 5) is 35.7. The van der Waals surface area contributed by atoms with Gasteiger partial charge in [0.25, 0.3) is 21.6 Å². The van der Waals surface area contributed by atoms with Gasteiger partial charge in [0.2, 0.25) is 0 Å². The molecule has 0 saturated heterocycles. The number of nitro groups is 1. The zero-order valence-electron chi connectivity index (χ0n) is 11.7. The van der Waals surface area contributed by atoms with Gasteiger partial charge in [0.1, 0.15) is 5.69 Å². The highest BCUT2D eigenvalue weighted by atomic mass is 32.2. The molecule has 124 valence electrons. The van der Waals surface area contributed by atoms with E-state index in [4.69, 9.17) is 5.11 Å². The third-order valence-corrected chi connectivity index (χ3v) is 4.20. The van der Waals surface area contributed by atoms with Gasteiger partial charge in [0.05, 0.1) is 10.5 Å². The summed E-state index contributed by atoms with van der Waals surface area (Å²) >= 11 is 0. The number of amides is 1. The van der Waals surface area contributed by atoms with Gasteiger partial charge in [-0.15, -0.1) is 0 Å². The highest BCUT2D eigenvalue weighted by molar-refractivity contribution is 7.90. The molecule has 0 unspecified atom stereocenters. The minimum absolute atomic E-state index is 0.266. The fourth-order valence-corrected chi connectivity index (χ4v) is 2.89. The number of aromatic carboxylic acids is 1. The third kappa shape index (κ3) is 3.52. The van der Waals surface area contributed by atoms with Gasteiger partial charge in [0.15, 0.2) is 4.90 Å². The number of carbonyl (C=O) groups excluding carboxylic acids is 1. The molecule has 0 atom stereocenters. The summed E-state index contributed by atoms with van der Waals surface area (Å²) in [6.07, 6.45) is 1.02. The van der Waals surface area contributed by atoms with E-state index in [1.165, 1.54) is 12.1 Å². The molecule has 1 aromatic carbocycles. The SMILES string of the molecule is O=C(O)c1ccnc(C(=O)NS(=O)(=O)c2ccccc2[N+](=O)[O-])c1. The van der Waals surface area contributed by atoms with Crippen LogP contribution >= 0.6 is 0 Å². The third-order valence-electron chi connectivity index (χ3n) is 2.82. The first-order chi connectivity index (χ1) is 11.2. The molecule has 2 N–H and O–H groups in total. The van der Waals surface area contributed by atoms with Crippen LogP contribution in [0.3, 0.4) is 0 Å². The van der Waals surface area contributed by atoms with Gasteiger partial charge in [-0.3, -0.25) is 19.9 Å². The molecule has 1 amide bonds. The monoisotopic (exact) mass is 351 g/mol. The number of carboxylic acid groups (broad SMARTS) is 1. The van der Waals surface area contributed by atoms with Crippen molar-refractivity contribution in [1.29, 1.82) is 0 Å². The highest BCUT2D eigenvalue weighted by Gasteiger charge is 2.27. The number of rotatable bonds is 5. The van der Waals surface area contributed by atoms with Gasteiger partial charge < -0.3 is 5.11 Å². The van der Waals surface area contributed by atoms with Crippen molar-refractivity contribution in [2.75, 3.05) is 0 Å². The first kappa shape index (κ1) is 17.0. The van der Waals surface area contributed by atoms with Crippen LogP contribution in [0.1, 0.15) is 20.8 Å². The summed E-state index contributed by atoms with van der Waals surface area (Å²) in [7, 11) is -4.55. The summed E-state index contributed by atoms with van der Waals surface area (Å²) in [6, 6.07) is 6.48. The number of carbonyl (C=O) groups is 2. The summed E-state index contributed by atoms with van der Waals surface area (Å²) in [6.45, 7) is 0. The van der Waals surface area contributed by atoms with E-state index in [1.807, 2.05) is 0 Å². The van der Waals surface area contributed by atoms with E-state index < -0.39 is 43.1 Å². The number of sulfonamides is 1. The second-order valence-electron chi connectivity index (χ2n) is 4.39. The molecular weight excluding hydrogens is 342 g/mol. The average molecular weight is 351 g/mol. The van der Waals surface area contributed by atoms with Crippen molar-refractivity contribution >= 4 is 27.6 Å². The molecule has 0 spiro atoms. The number of para-hydroxylation sites is 1. The van der Waals surface area contributed by atoms with Gasteiger partial charge in [-0.2, -0.15) is 0 Å². The van der Waals surface area contributed by atoms with Gasteiger partial charge in [-0.05, 0) is 18.2 Å². The predicted molar refractivity (Wildman–Crippen MR) is 78.9 cm³/mol. The summed E-state index contributed by atoms with van der Waals surface area (Å²) < 4.78 is 26.0. The van der Waals surface area contributed by atoms with E-state index in [1.54, 1.807) is 4.72 Å². The van der Waals surface area contributed by atoms with Gasteiger partial charge in [-0.1, -0.05) is 12.1 Å². The van der Waals surface area contributed by atoms with E-state index >= 15 is 0 Å². The predicted octanol–water partition coefficient (Wildman–Crippen LogP) is 0.807. The number of nitrogens with zero attached hydrogens (tertiary/aromatic N) is 2. The molecule has 0 radical (unpaired) electrons. The molecule has 0 aliphatic rings. The molecule has 0 fully saturated rings. The van der Waals surface area contributed by atoms with Gasteiger partial charge >= 0.3 is 5.97 Å². The van der Waals surface area contributed by atoms with Crippen LogP contribution in [0.5, 0.6) is 0 Å². The molecule has 2 aromatic rings. The molecule has 0 bridgehead atoms. The van der Waals surface area contributed by atoms with E-state index in [9.17, 15) is 28.1 Å². The van der Waals surface area contributed by atoms with Crippen LogP contribution in [-0.4, -0.2) is 35.3 Å². The fourth-order valence-electron chi connectivity index (χ4n) is 1.75. The first-order valence-corrected chi connectivity index (χ1v) is 7.70. The van der Waals surface area contributed by atoms with E-state index in [0.29, 0.717) is 0 Å². The van der Waals surface area contributed by atoms with Crippen molar-refractivity contribution in [2.24, 2.45) is 0 Å². The van der Waals surface area contributed by atoms with Crippen LogP contribution in [-0.2, 0) is 10.0 Å². The molecule has 1 heterocycles. The molecule has 1 aromatic heterocycles. The lowest BCUT2D eigenvalue weighted by molar-refractivity contribution is -0.387. The standard InChI is InChI=1S/C13H9N3O7S/c17-12(9-7-8(13(18)19)5-6-14-9)15-24(22,23)11-4-2-1-3-10(11)16(20)21/h1-7H,(H,15,17)(H,18,19). The Balaban J connectivity index is 2.36. The lowest BCUT2D eigenvalue weighted by atomic mass is 10.2. The fraction of sp³-hybridized carbons (Fsp3) is 0. The summed E-state index contributed by atoms with van der Waals surface area (Å²) in [5.41, 5.74) is -1.43. The topological polar surface area (TPSA) is 157 Å². The maximum absolute atomic E-state index is 12.2. The zero-order chi connectivity index (χ0) is 17.9. The number of hydrogen-bond acceptors (Lipinski definition) is 7. The largest absolute Gasteiger partial charge is 0.478 e. The van der Waals surface area contributed by atoms with Crippen molar-refractivity contribution in [3.05, 3.63) is 64.0 Å². The van der Waals surface area contributed by atoms with Crippen molar-refractivity contribution < 1.29 is 28.0 Å². The highest BCUT2D eigenvalue weighted by Crippen LogP contribution is 2.22. The van der Waals surface area contributed by atoms with E-state index in [0.717, 1.165) is 30.5 Å². The average Bonchev–Trinajstić information content (AvgIpc) is 2.54. The Morgan fingerprint density at radius 1 is 1.21 bits per heavy atom. The van der Waals surface area contributed by atoms with Crippen LogP contribution in [0.25, 0.3) is 0 Å². The Hall–Kier alpha value is -3.34. The number of benzene rings is 1. The lowest BCUT2D eigenvalue weighted by Gasteiger charge is -2.07. The van der Waals surface area contributed by atoms with E-state index in [2.05, 4.69) is 4.98 Å². The quantitative estimate of drug-likeness (QED) is 0.591. The van der Waals surface area contributed by atoms with Crippen LogP contribution < -0.4 is 4.72 Å². The molecular formula is C13H9N3O7S. The van der Waals surface area contributed by atoms with E-state index in [-0.39, 0.29) is 5.56 Å². The number of carboxylic acids is 1. The molecule has 0 saturated carbocycles. The number of nitro benzene ring substituents is 1. The molecule has 2 rings (SSSR count). The second kappa shape index (κ2) is 6.42.